The van der Waals surface area contributed by atoms with Gasteiger partial charge in [0.15, 0.2) is 0 Å². The summed E-state index contributed by atoms with van der Waals surface area (Å²) in [5.41, 5.74) is 0. The molecule has 0 aromatic rings. The molecule has 2 rings (SSSR count). The van der Waals surface area contributed by atoms with Crippen molar-refractivity contribution in [1.29, 1.82) is 0 Å². The van der Waals surface area contributed by atoms with Crippen LogP contribution in [0.5, 0.6) is 0 Å². The molecule has 0 amide bonds. The number of morpholine rings is 1. The van der Waals surface area contributed by atoms with E-state index >= 15 is 0 Å². The van der Waals surface area contributed by atoms with Crippen molar-refractivity contribution in [3.8, 4) is 0 Å². The molecule has 0 spiro atoms. The fraction of sp³-hybridized carbons (Fsp3) is 1.00. The molecule has 1 aliphatic heterocycles. The van der Waals surface area contributed by atoms with Crippen molar-refractivity contribution in [3.63, 3.8) is 0 Å². The van der Waals surface area contributed by atoms with E-state index in [4.69, 9.17) is 4.74 Å². The monoisotopic (exact) mass is 226 g/mol. The highest BCUT2D eigenvalue weighted by Crippen LogP contribution is 2.29. The molecule has 1 aliphatic carbocycles. The van der Waals surface area contributed by atoms with Gasteiger partial charge in [0, 0.05) is 19.1 Å². The Labute approximate surface area is 99.5 Å². The van der Waals surface area contributed by atoms with E-state index in [9.17, 15) is 0 Å². The van der Waals surface area contributed by atoms with Crippen LogP contribution in [0.25, 0.3) is 0 Å². The van der Waals surface area contributed by atoms with E-state index in [0.717, 1.165) is 38.3 Å². The van der Waals surface area contributed by atoms with Gasteiger partial charge in [-0.1, -0.05) is 0 Å². The van der Waals surface area contributed by atoms with E-state index in [1.807, 2.05) is 0 Å². The van der Waals surface area contributed by atoms with Crippen molar-refractivity contribution >= 4 is 0 Å². The Kier molecular flexibility index (Phi) is 5.07. The van der Waals surface area contributed by atoms with Crippen molar-refractivity contribution < 1.29 is 4.74 Å². The van der Waals surface area contributed by atoms with Crippen LogP contribution in [-0.2, 0) is 4.74 Å². The Morgan fingerprint density at radius 3 is 2.44 bits per heavy atom. The molecule has 0 bridgehead atoms. The van der Waals surface area contributed by atoms with Gasteiger partial charge in [0.05, 0.1) is 13.2 Å². The first-order chi connectivity index (χ1) is 7.90. The molecule has 0 unspecified atom stereocenters. The first kappa shape index (κ1) is 12.3. The average Bonchev–Trinajstić information content (AvgIpc) is 2.38. The van der Waals surface area contributed by atoms with Gasteiger partial charge in [-0.3, -0.25) is 4.90 Å². The maximum absolute atomic E-state index is 5.41. The molecule has 16 heavy (non-hydrogen) atoms. The molecular weight excluding hydrogens is 200 g/mol. The molecule has 0 aromatic heterocycles. The van der Waals surface area contributed by atoms with Gasteiger partial charge in [-0.2, -0.15) is 0 Å². The van der Waals surface area contributed by atoms with Crippen LogP contribution in [0.3, 0.4) is 0 Å². The summed E-state index contributed by atoms with van der Waals surface area (Å²) in [7, 11) is 2.05. The van der Waals surface area contributed by atoms with Gasteiger partial charge in [-0.05, 0) is 51.6 Å². The molecule has 1 saturated heterocycles. The first-order valence-electron chi connectivity index (χ1n) is 6.86. The van der Waals surface area contributed by atoms with Crippen molar-refractivity contribution in [1.82, 2.24) is 10.2 Å². The third-order valence-electron chi connectivity index (χ3n) is 4.18. The van der Waals surface area contributed by atoms with E-state index in [1.165, 1.54) is 38.6 Å². The summed E-state index contributed by atoms with van der Waals surface area (Å²) >= 11 is 0. The quantitative estimate of drug-likeness (QED) is 0.786. The minimum atomic E-state index is 0.856. The van der Waals surface area contributed by atoms with Crippen LogP contribution in [-0.4, -0.2) is 50.8 Å². The maximum Gasteiger partial charge on any atom is 0.0594 e. The molecule has 2 fully saturated rings. The molecule has 1 heterocycles. The summed E-state index contributed by atoms with van der Waals surface area (Å²) < 4.78 is 5.41. The lowest BCUT2D eigenvalue weighted by Crippen LogP contribution is -2.45. The topological polar surface area (TPSA) is 24.5 Å². The maximum atomic E-state index is 5.41. The third-order valence-corrected chi connectivity index (χ3v) is 4.18. The van der Waals surface area contributed by atoms with E-state index in [0.29, 0.717) is 0 Å². The lowest BCUT2D eigenvalue weighted by Gasteiger charge is -2.38. The van der Waals surface area contributed by atoms with E-state index in [1.54, 1.807) is 0 Å². The fourth-order valence-electron chi connectivity index (χ4n) is 3.09. The lowest BCUT2D eigenvalue weighted by atomic mass is 9.83. The molecule has 2 aliphatic rings. The molecular formula is C13H26N2O. The molecule has 0 aromatic carbocycles. The molecule has 3 nitrogen and oxygen atoms in total. The van der Waals surface area contributed by atoms with Crippen LogP contribution in [0.4, 0.5) is 0 Å². The Bertz CT molecular complexity index is 184. The summed E-state index contributed by atoms with van der Waals surface area (Å²) in [6.07, 6.45) is 7.06. The number of hydrogen-bond donors (Lipinski definition) is 1. The van der Waals surface area contributed by atoms with Crippen LogP contribution in [0.15, 0.2) is 0 Å². The number of hydrogen-bond acceptors (Lipinski definition) is 3. The van der Waals surface area contributed by atoms with Gasteiger partial charge in [0.1, 0.15) is 0 Å². The molecule has 1 saturated carbocycles. The Balaban J connectivity index is 1.67. The summed E-state index contributed by atoms with van der Waals surface area (Å²) in [6.45, 7) is 5.39. The molecule has 0 radical (unpaired) electrons. The largest absolute Gasteiger partial charge is 0.379 e. The van der Waals surface area contributed by atoms with Crippen LogP contribution in [0.2, 0.25) is 0 Å². The average molecular weight is 226 g/mol. The number of rotatable bonds is 4. The minimum absolute atomic E-state index is 0.856. The van der Waals surface area contributed by atoms with Crippen molar-refractivity contribution in [2.45, 2.75) is 38.1 Å². The summed E-state index contributed by atoms with van der Waals surface area (Å²) in [5, 5.41) is 3.26. The standard InChI is InChI=1S/C13H26N2O/c1-14-7-6-12-2-4-13(5-3-12)15-8-10-16-11-9-15/h12-14H,2-11H2,1H3. The second-order valence-electron chi connectivity index (χ2n) is 5.22. The number of nitrogens with zero attached hydrogens (tertiary/aromatic N) is 1. The second-order valence-corrected chi connectivity index (χ2v) is 5.22. The van der Waals surface area contributed by atoms with E-state index in [2.05, 4.69) is 17.3 Å². The van der Waals surface area contributed by atoms with Gasteiger partial charge in [-0.15, -0.1) is 0 Å². The number of ether oxygens (including phenoxy) is 1. The smallest absolute Gasteiger partial charge is 0.0594 e. The number of nitrogens with one attached hydrogen (secondary N) is 1. The Hall–Kier alpha value is -0.120. The van der Waals surface area contributed by atoms with Crippen LogP contribution in [0.1, 0.15) is 32.1 Å². The third kappa shape index (κ3) is 3.44. The highest BCUT2D eigenvalue weighted by Gasteiger charge is 2.26. The molecule has 94 valence electrons. The van der Waals surface area contributed by atoms with Gasteiger partial charge in [-0.25, -0.2) is 0 Å². The Morgan fingerprint density at radius 1 is 1.12 bits per heavy atom. The van der Waals surface area contributed by atoms with Gasteiger partial charge < -0.3 is 10.1 Å². The Morgan fingerprint density at radius 2 is 1.81 bits per heavy atom. The SMILES string of the molecule is CNCCC1CCC(N2CCOCC2)CC1. The van der Waals surface area contributed by atoms with Crippen molar-refractivity contribution in [3.05, 3.63) is 0 Å². The summed E-state index contributed by atoms with van der Waals surface area (Å²) in [6, 6.07) is 0.856. The lowest BCUT2D eigenvalue weighted by molar-refractivity contribution is 0.00468. The normalized spacial score (nSPS) is 32.8. The zero-order chi connectivity index (χ0) is 11.2. The molecule has 3 heteroatoms. The van der Waals surface area contributed by atoms with Crippen LogP contribution in [0, 0.1) is 5.92 Å². The predicted molar refractivity (Wildman–Crippen MR) is 66.7 cm³/mol. The highest BCUT2D eigenvalue weighted by atomic mass is 16.5. The van der Waals surface area contributed by atoms with Gasteiger partial charge >= 0.3 is 0 Å². The van der Waals surface area contributed by atoms with Gasteiger partial charge in [0.2, 0.25) is 0 Å². The highest BCUT2D eigenvalue weighted by molar-refractivity contribution is 4.81. The van der Waals surface area contributed by atoms with E-state index < -0.39 is 0 Å². The second kappa shape index (κ2) is 6.58. The van der Waals surface area contributed by atoms with E-state index in [-0.39, 0.29) is 0 Å². The fourth-order valence-corrected chi connectivity index (χ4v) is 3.09. The van der Waals surface area contributed by atoms with Gasteiger partial charge in [0.25, 0.3) is 0 Å². The minimum Gasteiger partial charge on any atom is -0.379 e. The summed E-state index contributed by atoms with van der Waals surface area (Å²) in [5.74, 6) is 0.977. The summed E-state index contributed by atoms with van der Waals surface area (Å²) in [4.78, 5) is 2.65. The van der Waals surface area contributed by atoms with Crippen LogP contribution >= 0.6 is 0 Å². The predicted octanol–water partition coefficient (Wildman–Crippen LogP) is 1.49. The van der Waals surface area contributed by atoms with Crippen LogP contribution < -0.4 is 5.32 Å². The molecule has 0 atom stereocenters. The zero-order valence-corrected chi connectivity index (χ0v) is 10.6. The first-order valence-corrected chi connectivity index (χ1v) is 6.86. The van der Waals surface area contributed by atoms with Crippen molar-refractivity contribution in [2.24, 2.45) is 5.92 Å². The molecule has 1 N–H and O–H groups in total. The van der Waals surface area contributed by atoms with Crippen molar-refractivity contribution in [2.75, 3.05) is 39.9 Å². The zero-order valence-electron chi connectivity index (χ0n) is 10.6.